The summed E-state index contributed by atoms with van der Waals surface area (Å²) in [6.45, 7) is 4.69. The number of benzene rings is 1. The molecule has 0 radical (unpaired) electrons. The second-order valence-corrected chi connectivity index (χ2v) is 9.39. The van der Waals surface area contributed by atoms with Crippen LogP contribution in [0.15, 0.2) is 36.7 Å². The molecule has 2 aliphatic heterocycles. The van der Waals surface area contributed by atoms with E-state index >= 15 is 0 Å². The third-order valence-corrected chi connectivity index (χ3v) is 6.51. The Kier molecular flexibility index (Phi) is 8.77. The number of rotatable bonds is 4. The van der Waals surface area contributed by atoms with Crippen molar-refractivity contribution in [3.05, 3.63) is 47.2 Å². The molecule has 0 saturated carbocycles. The molecule has 15 heteroatoms. The van der Waals surface area contributed by atoms with E-state index in [1.165, 1.54) is 6.20 Å². The first-order valence-corrected chi connectivity index (χ1v) is 12.5. The summed E-state index contributed by atoms with van der Waals surface area (Å²) in [5.74, 6) is -2.26. The smallest absolute Gasteiger partial charge is 0.475 e. The van der Waals surface area contributed by atoms with Crippen LogP contribution in [0.1, 0.15) is 23.2 Å². The molecule has 39 heavy (non-hydrogen) atoms. The molecule has 11 nitrogen and oxygen atoms in total. The van der Waals surface area contributed by atoms with Gasteiger partial charge in [-0.05, 0) is 37.1 Å². The molecule has 4 N–H and O–H groups in total. The van der Waals surface area contributed by atoms with Crippen molar-refractivity contribution >= 4 is 46.3 Å². The molecule has 0 aliphatic carbocycles. The first kappa shape index (κ1) is 28.4. The molecule has 0 spiro atoms. The Bertz CT molecular complexity index is 1330. The highest BCUT2D eigenvalue weighted by atomic mass is 35.5. The summed E-state index contributed by atoms with van der Waals surface area (Å²) in [6.07, 6.45) is 0.307. The van der Waals surface area contributed by atoms with Crippen molar-refractivity contribution < 1.29 is 32.6 Å². The normalized spacial score (nSPS) is 17.9. The number of halogens is 4. The SMILES string of the molecule is N[C@@H]1CCCN(c2ccn3ncc(C(=O)Nc4ccc(N5CCOCC5)cc4Cl)c3n2)C1.O=C(O)C(F)(F)F. The van der Waals surface area contributed by atoms with Crippen LogP contribution in [0.5, 0.6) is 0 Å². The van der Waals surface area contributed by atoms with Crippen LogP contribution in [-0.4, -0.2) is 83.2 Å². The van der Waals surface area contributed by atoms with Gasteiger partial charge in [0.15, 0.2) is 5.65 Å². The van der Waals surface area contributed by atoms with Gasteiger partial charge in [-0.25, -0.2) is 14.3 Å². The minimum absolute atomic E-state index is 0.136. The van der Waals surface area contributed by atoms with Crippen molar-refractivity contribution in [2.45, 2.75) is 25.1 Å². The van der Waals surface area contributed by atoms with Crippen molar-refractivity contribution in [1.29, 1.82) is 0 Å². The molecule has 0 unspecified atom stereocenters. The van der Waals surface area contributed by atoms with E-state index in [4.69, 9.17) is 37.0 Å². The minimum atomic E-state index is -5.08. The highest BCUT2D eigenvalue weighted by Crippen LogP contribution is 2.29. The number of fused-ring (bicyclic) bond motifs is 1. The van der Waals surface area contributed by atoms with Gasteiger partial charge in [0.25, 0.3) is 5.91 Å². The quantitative estimate of drug-likeness (QED) is 0.433. The number of nitrogens with two attached hydrogens (primary N) is 1. The number of aromatic nitrogens is 3. The number of aliphatic carboxylic acids is 1. The Hall–Kier alpha value is -3.62. The zero-order chi connectivity index (χ0) is 28.2. The first-order valence-electron chi connectivity index (χ1n) is 12.1. The number of amides is 1. The van der Waals surface area contributed by atoms with Gasteiger partial charge in [-0.3, -0.25) is 4.79 Å². The number of carbonyl (C=O) groups excluding carboxylic acids is 1. The van der Waals surface area contributed by atoms with E-state index in [0.29, 0.717) is 35.1 Å². The molecule has 4 heterocycles. The third kappa shape index (κ3) is 7.07. The lowest BCUT2D eigenvalue weighted by Crippen LogP contribution is -2.43. The summed E-state index contributed by atoms with van der Waals surface area (Å²) < 4.78 is 38.7. The van der Waals surface area contributed by atoms with Gasteiger partial charge >= 0.3 is 12.1 Å². The Morgan fingerprint density at radius 3 is 2.51 bits per heavy atom. The van der Waals surface area contributed by atoms with Crippen molar-refractivity contribution in [3.63, 3.8) is 0 Å². The van der Waals surface area contributed by atoms with Crippen LogP contribution < -0.4 is 20.9 Å². The Balaban J connectivity index is 0.000000448. The van der Waals surface area contributed by atoms with E-state index < -0.39 is 12.1 Å². The fraction of sp³-hybridized carbons (Fsp3) is 0.417. The number of hydrogen-bond acceptors (Lipinski definition) is 8. The van der Waals surface area contributed by atoms with Crippen LogP contribution in [0.2, 0.25) is 5.02 Å². The maximum absolute atomic E-state index is 13.0. The molecule has 210 valence electrons. The van der Waals surface area contributed by atoms with Crippen molar-refractivity contribution in [3.8, 4) is 0 Å². The summed E-state index contributed by atoms with van der Waals surface area (Å²) in [5.41, 5.74) is 8.57. The Morgan fingerprint density at radius 2 is 1.87 bits per heavy atom. The Morgan fingerprint density at radius 1 is 1.15 bits per heavy atom. The van der Waals surface area contributed by atoms with Crippen LogP contribution in [0.3, 0.4) is 0 Å². The minimum Gasteiger partial charge on any atom is -0.475 e. The molecule has 2 saturated heterocycles. The molecule has 1 amide bonds. The van der Waals surface area contributed by atoms with Gasteiger partial charge in [-0.15, -0.1) is 0 Å². The molecule has 0 bridgehead atoms. The van der Waals surface area contributed by atoms with Crippen LogP contribution in [0.25, 0.3) is 5.65 Å². The molecule has 3 aromatic rings. The lowest BCUT2D eigenvalue weighted by molar-refractivity contribution is -0.192. The number of morpholine rings is 1. The summed E-state index contributed by atoms with van der Waals surface area (Å²) in [5, 5.41) is 14.8. The van der Waals surface area contributed by atoms with Crippen LogP contribution >= 0.6 is 11.6 Å². The van der Waals surface area contributed by atoms with E-state index in [9.17, 15) is 18.0 Å². The molecular formula is C24H27ClF3N7O4. The predicted molar refractivity (Wildman–Crippen MR) is 139 cm³/mol. The number of alkyl halides is 3. The average molecular weight is 570 g/mol. The fourth-order valence-corrected chi connectivity index (χ4v) is 4.45. The van der Waals surface area contributed by atoms with E-state index in [2.05, 4.69) is 20.2 Å². The van der Waals surface area contributed by atoms with E-state index in [1.807, 2.05) is 30.5 Å². The molecule has 2 aliphatic rings. The number of carbonyl (C=O) groups is 2. The maximum atomic E-state index is 13.0. The molecule has 1 aromatic carbocycles. The summed E-state index contributed by atoms with van der Waals surface area (Å²) >= 11 is 6.49. The number of nitrogens with zero attached hydrogens (tertiary/aromatic N) is 5. The topological polar surface area (TPSA) is 138 Å². The number of hydrogen-bond donors (Lipinski definition) is 3. The largest absolute Gasteiger partial charge is 0.490 e. The fourth-order valence-electron chi connectivity index (χ4n) is 4.23. The van der Waals surface area contributed by atoms with Crippen molar-refractivity contribution in [1.82, 2.24) is 14.6 Å². The molecule has 2 aromatic heterocycles. The van der Waals surface area contributed by atoms with Gasteiger partial charge in [-0.1, -0.05) is 11.6 Å². The number of nitrogens with one attached hydrogen (secondary N) is 1. The van der Waals surface area contributed by atoms with Crippen LogP contribution in [0, 0.1) is 0 Å². The lowest BCUT2D eigenvalue weighted by Gasteiger charge is -2.31. The number of carboxylic acid groups (broad SMARTS) is 1. The van der Waals surface area contributed by atoms with Gasteiger partial charge in [0, 0.05) is 44.1 Å². The maximum Gasteiger partial charge on any atom is 0.490 e. The van der Waals surface area contributed by atoms with E-state index in [0.717, 1.165) is 50.5 Å². The zero-order valence-electron chi connectivity index (χ0n) is 20.7. The van der Waals surface area contributed by atoms with Crippen molar-refractivity contribution in [2.75, 3.05) is 54.5 Å². The van der Waals surface area contributed by atoms with Crippen LogP contribution in [-0.2, 0) is 9.53 Å². The molecule has 1 atom stereocenters. The molecule has 2 fully saturated rings. The Labute approximate surface area is 226 Å². The van der Waals surface area contributed by atoms with E-state index in [1.54, 1.807) is 4.52 Å². The summed E-state index contributed by atoms with van der Waals surface area (Å²) in [4.78, 5) is 31.0. The van der Waals surface area contributed by atoms with Crippen LogP contribution in [0.4, 0.5) is 30.4 Å². The highest BCUT2D eigenvalue weighted by Gasteiger charge is 2.38. The second kappa shape index (κ2) is 12.1. The summed E-state index contributed by atoms with van der Waals surface area (Å²) in [7, 11) is 0. The monoisotopic (exact) mass is 569 g/mol. The van der Waals surface area contributed by atoms with Gasteiger partial charge in [-0.2, -0.15) is 18.3 Å². The first-order chi connectivity index (χ1) is 18.5. The van der Waals surface area contributed by atoms with Gasteiger partial charge in [0.1, 0.15) is 11.4 Å². The van der Waals surface area contributed by atoms with Gasteiger partial charge < -0.3 is 30.7 Å². The van der Waals surface area contributed by atoms with Gasteiger partial charge in [0.05, 0.1) is 30.1 Å². The number of anilines is 3. The number of carboxylic acids is 1. The molecular weight excluding hydrogens is 543 g/mol. The van der Waals surface area contributed by atoms with E-state index in [-0.39, 0.29) is 11.9 Å². The summed E-state index contributed by atoms with van der Waals surface area (Å²) in [6, 6.07) is 7.69. The molecule has 5 rings (SSSR count). The highest BCUT2D eigenvalue weighted by molar-refractivity contribution is 6.34. The standard InChI is InChI=1S/C22H26ClN7O2.C2HF3O2/c23-18-12-16(28-8-10-32-11-9-28)3-4-19(18)26-22(31)17-13-25-30-7-5-20(27-21(17)30)29-6-1-2-15(24)14-29;3-2(4,5)1(6)7/h3-5,7,12-13,15H,1-2,6,8-11,14,24H2,(H,26,31);(H,6,7)/t15-;/m1./s1. The van der Waals surface area contributed by atoms with Gasteiger partial charge in [0.2, 0.25) is 0 Å². The lowest BCUT2D eigenvalue weighted by atomic mass is 10.1. The number of piperidine rings is 1. The third-order valence-electron chi connectivity index (χ3n) is 6.20. The average Bonchev–Trinajstić information content (AvgIpc) is 3.34. The zero-order valence-corrected chi connectivity index (χ0v) is 21.5. The predicted octanol–water partition coefficient (Wildman–Crippen LogP) is 3.03. The second-order valence-electron chi connectivity index (χ2n) is 8.98. The number of ether oxygens (including phenoxy) is 1. The van der Waals surface area contributed by atoms with Crippen molar-refractivity contribution in [2.24, 2.45) is 5.73 Å².